The van der Waals surface area contributed by atoms with Gasteiger partial charge in [-0.05, 0) is 37.0 Å². The van der Waals surface area contributed by atoms with Crippen LogP contribution in [0.2, 0.25) is 0 Å². The minimum absolute atomic E-state index is 0.374. The number of esters is 2. The summed E-state index contributed by atoms with van der Waals surface area (Å²) in [6.45, 7) is 7.26. The third-order valence-corrected chi connectivity index (χ3v) is 5.99. The molecule has 0 saturated heterocycles. The molecule has 0 radical (unpaired) electrons. The molecule has 0 heterocycles. The van der Waals surface area contributed by atoms with Crippen LogP contribution in [-0.4, -0.2) is 25.2 Å². The zero-order valence-corrected chi connectivity index (χ0v) is 21.5. The number of benzene rings is 1. The second-order valence-electron chi connectivity index (χ2n) is 9.63. The summed E-state index contributed by atoms with van der Waals surface area (Å²) < 4.78 is 10.7. The van der Waals surface area contributed by atoms with Crippen molar-refractivity contribution in [2.75, 3.05) is 13.2 Å². The molecule has 1 aromatic carbocycles. The molecule has 4 heteroatoms. The number of hydrogen-bond acceptors (Lipinski definition) is 4. The first kappa shape index (κ1) is 29.2. The van der Waals surface area contributed by atoms with Gasteiger partial charge in [0, 0.05) is 0 Å². The highest BCUT2D eigenvalue weighted by atomic mass is 16.5. The van der Waals surface area contributed by atoms with Crippen molar-refractivity contribution in [3.05, 3.63) is 35.4 Å². The summed E-state index contributed by atoms with van der Waals surface area (Å²) >= 11 is 0. The Morgan fingerprint density at radius 3 is 1.55 bits per heavy atom. The maximum Gasteiger partial charge on any atom is 0.338 e. The molecule has 0 aliphatic rings. The molecule has 0 atom stereocenters. The first-order chi connectivity index (χ1) is 16.0. The fourth-order valence-corrected chi connectivity index (χ4v) is 3.79. The molecule has 0 N–H and O–H groups in total. The minimum atomic E-state index is -0.391. The van der Waals surface area contributed by atoms with Crippen molar-refractivity contribution in [2.45, 2.75) is 117 Å². The van der Waals surface area contributed by atoms with E-state index in [0.717, 1.165) is 19.3 Å². The molecule has 0 saturated carbocycles. The summed E-state index contributed by atoms with van der Waals surface area (Å²) in [5.41, 5.74) is 0.795. The van der Waals surface area contributed by atoms with E-state index in [-0.39, 0.29) is 5.97 Å². The van der Waals surface area contributed by atoms with Gasteiger partial charge in [-0.25, -0.2) is 9.59 Å². The van der Waals surface area contributed by atoms with Crippen molar-refractivity contribution in [2.24, 2.45) is 5.92 Å². The largest absolute Gasteiger partial charge is 0.462 e. The van der Waals surface area contributed by atoms with E-state index in [9.17, 15) is 9.59 Å². The maximum atomic E-state index is 12.3. The zero-order valence-electron chi connectivity index (χ0n) is 21.5. The molecule has 0 aliphatic carbocycles. The normalized spacial score (nSPS) is 11.0. The Hall–Kier alpha value is -1.84. The van der Waals surface area contributed by atoms with Crippen LogP contribution in [0.25, 0.3) is 0 Å². The molecule has 4 nitrogen and oxygen atoms in total. The molecular weight excluding hydrogens is 412 g/mol. The highest BCUT2D eigenvalue weighted by Gasteiger charge is 2.12. The standard InChI is InChI=1S/C29H48O4/c1-4-5-6-7-8-9-10-11-12-13-14-15-16-17-22-32-28(30)26-19-18-20-27(24-26)29(31)33-23-21-25(2)3/h18-20,24-25H,4-17,21-23H2,1-3H3. The highest BCUT2D eigenvalue weighted by molar-refractivity contribution is 5.95. The summed E-state index contributed by atoms with van der Waals surface area (Å²) in [5, 5.41) is 0. The van der Waals surface area contributed by atoms with E-state index < -0.39 is 5.97 Å². The van der Waals surface area contributed by atoms with Crippen molar-refractivity contribution in [3.8, 4) is 0 Å². The van der Waals surface area contributed by atoms with Crippen LogP contribution in [-0.2, 0) is 9.47 Å². The lowest BCUT2D eigenvalue weighted by Gasteiger charge is -2.08. The van der Waals surface area contributed by atoms with Gasteiger partial charge in [-0.2, -0.15) is 0 Å². The van der Waals surface area contributed by atoms with E-state index in [1.165, 1.54) is 77.0 Å². The van der Waals surface area contributed by atoms with Crippen LogP contribution in [0.15, 0.2) is 24.3 Å². The fraction of sp³-hybridized carbons (Fsp3) is 0.724. The first-order valence-electron chi connectivity index (χ1n) is 13.5. The van der Waals surface area contributed by atoms with E-state index in [0.29, 0.717) is 30.3 Å². The molecule has 188 valence electrons. The second-order valence-corrected chi connectivity index (χ2v) is 9.63. The number of ether oxygens (including phenoxy) is 2. The summed E-state index contributed by atoms with van der Waals surface area (Å²) in [4.78, 5) is 24.4. The smallest absolute Gasteiger partial charge is 0.338 e. The van der Waals surface area contributed by atoms with Crippen molar-refractivity contribution in [3.63, 3.8) is 0 Å². The van der Waals surface area contributed by atoms with E-state index in [2.05, 4.69) is 20.8 Å². The molecular formula is C29H48O4. The van der Waals surface area contributed by atoms with Gasteiger partial charge in [0.15, 0.2) is 0 Å². The Balaban J connectivity index is 2.05. The lowest BCUT2D eigenvalue weighted by atomic mass is 10.0. The van der Waals surface area contributed by atoms with Crippen molar-refractivity contribution in [1.29, 1.82) is 0 Å². The van der Waals surface area contributed by atoms with Crippen molar-refractivity contribution in [1.82, 2.24) is 0 Å². The average molecular weight is 461 g/mol. The predicted molar refractivity (Wildman–Crippen MR) is 137 cm³/mol. The Morgan fingerprint density at radius 2 is 1.09 bits per heavy atom. The van der Waals surface area contributed by atoms with Crippen LogP contribution in [0.4, 0.5) is 0 Å². The monoisotopic (exact) mass is 460 g/mol. The SMILES string of the molecule is CCCCCCCCCCCCCCCCOC(=O)c1cccc(C(=O)OCCC(C)C)c1. The van der Waals surface area contributed by atoms with Crippen LogP contribution in [0, 0.1) is 5.92 Å². The van der Waals surface area contributed by atoms with Gasteiger partial charge in [0.1, 0.15) is 0 Å². The summed E-state index contributed by atoms with van der Waals surface area (Å²) in [6, 6.07) is 6.61. The van der Waals surface area contributed by atoms with Crippen molar-refractivity contribution >= 4 is 11.9 Å². The topological polar surface area (TPSA) is 52.6 Å². The predicted octanol–water partition coefficient (Wildman–Crippen LogP) is 8.53. The van der Waals surface area contributed by atoms with Gasteiger partial charge >= 0.3 is 11.9 Å². The number of hydrogen-bond donors (Lipinski definition) is 0. The molecule has 0 bridgehead atoms. The highest BCUT2D eigenvalue weighted by Crippen LogP contribution is 2.14. The number of unbranched alkanes of at least 4 members (excludes halogenated alkanes) is 13. The Bertz CT molecular complexity index is 638. The molecule has 1 aromatic rings. The average Bonchev–Trinajstić information content (AvgIpc) is 2.81. The van der Waals surface area contributed by atoms with Gasteiger partial charge < -0.3 is 9.47 Å². The van der Waals surface area contributed by atoms with E-state index in [1.54, 1.807) is 24.3 Å². The maximum absolute atomic E-state index is 12.3. The number of carbonyl (C=O) groups excluding carboxylic acids is 2. The lowest BCUT2D eigenvalue weighted by Crippen LogP contribution is -2.11. The van der Waals surface area contributed by atoms with Crippen LogP contribution < -0.4 is 0 Å². The molecule has 0 fully saturated rings. The number of rotatable bonds is 20. The van der Waals surface area contributed by atoms with Gasteiger partial charge in [-0.1, -0.05) is 110 Å². The quantitative estimate of drug-likeness (QED) is 0.144. The van der Waals surface area contributed by atoms with E-state index >= 15 is 0 Å². The minimum Gasteiger partial charge on any atom is -0.462 e. The molecule has 1 rings (SSSR count). The van der Waals surface area contributed by atoms with Crippen LogP contribution in [0.5, 0.6) is 0 Å². The zero-order chi connectivity index (χ0) is 24.2. The lowest BCUT2D eigenvalue weighted by molar-refractivity contribution is 0.0488. The van der Waals surface area contributed by atoms with Gasteiger partial charge in [0.25, 0.3) is 0 Å². The third-order valence-electron chi connectivity index (χ3n) is 5.99. The van der Waals surface area contributed by atoms with Crippen molar-refractivity contribution < 1.29 is 19.1 Å². The Kier molecular flexibility index (Phi) is 17.4. The van der Waals surface area contributed by atoms with Crippen LogP contribution in [0.3, 0.4) is 0 Å². The first-order valence-corrected chi connectivity index (χ1v) is 13.5. The summed E-state index contributed by atoms with van der Waals surface area (Å²) in [5.74, 6) is -0.284. The van der Waals surface area contributed by atoms with E-state index in [1.807, 2.05) is 0 Å². The summed E-state index contributed by atoms with van der Waals surface area (Å²) in [6.07, 6.45) is 19.0. The van der Waals surface area contributed by atoms with Gasteiger partial charge in [0.2, 0.25) is 0 Å². The molecule has 0 aromatic heterocycles. The molecule has 0 amide bonds. The van der Waals surface area contributed by atoms with Gasteiger partial charge in [-0.15, -0.1) is 0 Å². The Labute approximate surface area is 202 Å². The van der Waals surface area contributed by atoms with Crippen LogP contribution >= 0.6 is 0 Å². The number of carbonyl (C=O) groups is 2. The Morgan fingerprint density at radius 1 is 0.667 bits per heavy atom. The fourth-order valence-electron chi connectivity index (χ4n) is 3.79. The van der Waals surface area contributed by atoms with E-state index in [4.69, 9.17) is 9.47 Å². The summed E-state index contributed by atoms with van der Waals surface area (Å²) in [7, 11) is 0. The molecule has 0 aliphatic heterocycles. The molecule has 33 heavy (non-hydrogen) atoms. The second kappa shape index (κ2) is 19.6. The molecule has 0 spiro atoms. The molecule has 0 unspecified atom stereocenters. The van der Waals surface area contributed by atoms with Gasteiger partial charge in [0.05, 0.1) is 24.3 Å². The van der Waals surface area contributed by atoms with Gasteiger partial charge in [-0.3, -0.25) is 0 Å². The third kappa shape index (κ3) is 15.6. The van der Waals surface area contributed by atoms with Crippen LogP contribution in [0.1, 0.15) is 138 Å².